The lowest BCUT2D eigenvalue weighted by Gasteiger charge is -2.31. The summed E-state index contributed by atoms with van der Waals surface area (Å²) in [5.41, 5.74) is 3.32. The highest BCUT2D eigenvalue weighted by molar-refractivity contribution is 5.99. The van der Waals surface area contributed by atoms with E-state index in [1.54, 1.807) is 29.2 Å². The summed E-state index contributed by atoms with van der Waals surface area (Å²) in [5, 5.41) is 7.37. The number of hydrogen-bond acceptors (Lipinski definition) is 5. The summed E-state index contributed by atoms with van der Waals surface area (Å²) in [5.74, 6) is 0.213. The van der Waals surface area contributed by atoms with Crippen LogP contribution in [0.15, 0.2) is 41.6 Å². The van der Waals surface area contributed by atoms with E-state index in [4.69, 9.17) is 0 Å². The van der Waals surface area contributed by atoms with Crippen LogP contribution in [0.2, 0.25) is 0 Å². The summed E-state index contributed by atoms with van der Waals surface area (Å²) in [6, 6.07) is 5.23. The molecule has 1 amide bonds. The third kappa shape index (κ3) is 2.67. The number of rotatable bonds is 2. The van der Waals surface area contributed by atoms with Crippen LogP contribution in [0.1, 0.15) is 40.5 Å². The Labute approximate surface area is 159 Å². The summed E-state index contributed by atoms with van der Waals surface area (Å²) in [6.07, 6.45) is 6.65. The van der Waals surface area contributed by atoms with Gasteiger partial charge in [0.2, 0.25) is 0 Å². The van der Waals surface area contributed by atoms with E-state index >= 15 is 0 Å². The molecule has 1 aliphatic heterocycles. The van der Waals surface area contributed by atoms with Gasteiger partial charge in [0.15, 0.2) is 11.3 Å². The number of fused-ring (bicyclic) bond motifs is 2. The van der Waals surface area contributed by atoms with E-state index in [2.05, 4.69) is 20.2 Å². The second-order valence-corrected chi connectivity index (χ2v) is 7.15. The zero-order valence-corrected chi connectivity index (χ0v) is 15.4. The number of aromatic nitrogens is 6. The smallest absolute Gasteiger partial charge is 0.272 e. The summed E-state index contributed by atoms with van der Waals surface area (Å²) >= 11 is 0. The van der Waals surface area contributed by atoms with Crippen LogP contribution in [0.4, 0.5) is 0 Å². The number of hydrogen-bond donors (Lipinski definition) is 1. The molecule has 9 nitrogen and oxygen atoms in total. The number of piperidine rings is 1. The second kappa shape index (κ2) is 6.29. The predicted octanol–water partition coefficient (Wildman–Crippen LogP) is 1.39. The quantitative estimate of drug-likeness (QED) is 0.569. The molecule has 0 spiro atoms. The number of aromatic amines is 1. The molecule has 0 radical (unpaired) electrons. The van der Waals surface area contributed by atoms with Crippen LogP contribution in [0.5, 0.6) is 0 Å². The van der Waals surface area contributed by atoms with Gasteiger partial charge in [0.1, 0.15) is 5.56 Å². The van der Waals surface area contributed by atoms with Gasteiger partial charge < -0.3 is 4.90 Å². The highest BCUT2D eigenvalue weighted by Gasteiger charge is 2.27. The fourth-order valence-corrected chi connectivity index (χ4v) is 3.88. The lowest BCUT2D eigenvalue weighted by atomic mass is 9.93. The highest BCUT2D eigenvalue weighted by atomic mass is 16.2. The maximum absolute atomic E-state index is 12.9. The van der Waals surface area contributed by atoms with E-state index < -0.39 is 0 Å². The van der Waals surface area contributed by atoms with Crippen molar-refractivity contribution in [2.75, 3.05) is 13.1 Å². The molecule has 142 valence electrons. The van der Waals surface area contributed by atoms with Gasteiger partial charge in [-0.15, -0.1) is 0 Å². The molecule has 1 aliphatic rings. The van der Waals surface area contributed by atoms with Crippen LogP contribution < -0.4 is 5.56 Å². The van der Waals surface area contributed by atoms with E-state index in [-0.39, 0.29) is 17.4 Å². The fourth-order valence-electron chi connectivity index (χ4n) is 3.88. The molecule has 1 N–H and O–H groups in total. The first-order valence-corrected chi connectivity index (χ1v) is 9.27. The molecule has 0 aromatic carbocycles. The normalized spacial score (nSPS) is 15.5. The van der Waals surface area contributed by atoms with Gasteiger partial charge in [0.05, 0.1) is 6.20 Å². The van der Waals surface area contributed by atoms with Crippen LogP contribution >= 0.6 is 0 Å². The maximum atomic E-state index is 12.9. The molecule has 5 heterocycles. The largest absolute Gasteiger partial charge is 0.338 e. The molecule has 1 fully saturated rings. The minimum Gasteiger partial charge on any atom is -0.338 e. The number of likely N-dealkylation sites (tertiary alicyclic amines) is 1. The molecule has 1 saturated heterocycles. The van der Waals surface area contributed by atoms with Crippen molar-refractivity contribution in [1.82, 2.24) is 34.1 Å². The number of amides is 1. The number of nitrogens with one attached hydrogen (secondary N) is 1. The lowest BCUT2D eigenvalue weighted by molar-refractivity contribution is 0.0713. The molecular weight excluding hydrogens is 358 g/mol. The lowest BCUT2D eigenvalue weighted by Crippen LogP contribution is -2.38. The monoisotopic (exact) mass is 377 g/mol. The van der Waals surface area contributed by atoms with E-state index in [0.717, 1.165) is 18.5 Å². The molecule has 0 aliphatic carbocycles. The molecule has 5 rings (SSSR count). The first-order valence-electron chi connectivity index (χ1n) is 9.27. The molecule has 9 heteroatoms. The van der Waals surface area contributed by atoms with Crippen molar-refractivity contribution in [3.8, 4) is 0 Å². The molecule has 4 aromatic rings. The van der Waals surface area contributed by atoms with Gasteiger partial charge in [-0.2, -0.15) is 5.10 Å². The SMILES string of the molecule is Cc1cc(=O)n2[nH]c(C3CCN(C(=O)c4cnn5cccnc45)CC3)cc2n1. The van der Waals surface area contributed by atoms with Crippen LogP contribution in [-0.2, 0) is 0 Å². The topological polar surface area (TPSA) is 101 Å². The van der Waals surface area contributed by atoms with Crippen molar-refractivity contribution in [2.24, 2.45) is 0 Å². The minimum absolute atomic E-state index is 0.0442. The molecule has 4 aromatic heterocycles. The Kier molecular flexibility index (Phi) is 3.75. The summed E-state index contributed by atoms with van der Waals surface area (Å²) in [7, 11) is 0. The van der Waals surface area contributed by atoms with Crippen molar-refractivity contribution in [3.63, 3.8) is 0 Å². The standard InChI is InChI=1S/C19H19N7O2/c1-12-9-17(27)26-16(22-12)10-15(23-26)13-3-7-24(8-4-13)19(28)14-11-21-25-6-2-5-20-18(14)25/h2,5-6,9-11,13,23H,3-4,7-8H2,1H3. The van der Waals surface area contributed by atoms with Gasteiger partial charge in [-0.05, 0) is 25.8 Å². The molecular formula is C19H19N7O2. The average molecular weight is 377 g/mol. The molecule has 0 bridgehead atoms. The molecule has 0 unspecified atom stereocenters. The van der Waals surface area contributed by atoms with Gasteiger partial charge in [-0.25, -0.2) is 19.0 Å². The van der Waals surface area contributed by atoms with Crippen LogP contribution in [0.25, 0.3) is 11.3 Å². The van der Waals surface area contributed by atoms with Crippen LogP contribution in [-0.4, -0.2) is 53.1 Å². The number of carbonyl (C=O) groups is 1. The number of nitrogens with zero attached hydrogens (tertiary/aromatic N) is 6. The fraction of sp³-hybridized carbons (Fsp3) is 0.316. The number of aryl methyl sites for hydroxylation is 1. The third-order valence-electron chi connectivity index (χ3n) is 5.33. The van der Waals surface area contributed by atoms with Gasteiger partial charge in [0.25, 0.3) is 11.5 Å². The highest BCUT2D eigenvalue weighted by Crippen LogP contribution is 2.28. The van der Waals surface area contributed by atoms with Gasteiger partial charge >= 0.3 is 0 Å². The zero-order chi connectivity index (χ0) is 19.3. The predicted molar refractivity (Wildman–Crippen MR) is 101 cm³/mol. The summed E-state index contributed by atoms with van der Waals surface area (Å²) in [4.78, 5) is 35.5. The Balaban J connectivity index is 1.34. The molecule has 28 heavy (non-hydrogen) atoms. The van der Waals surface area contributed by atoms with Crippen molar-refractivity contribution >= 4 is 17.2 Å². The third-order valence-corrected chi connectivity index (χ3v) is 5.33. The summed E-state index contributed by atoms with van der Waals surface area (Å²) < 4.78 is 3.09. The van der Waals surface area contributed by atoms with Crippen LogP contribution in [0, 0.1) is 6.92 Å². The Morgan fingerprint density at radius 1 is 1.25 bits per heavy atom. The number of H-pyrrole nitrogens is 1. The number of carbonyl (C=O) groups excluding carboxylic acids is 1. The van der Waals surface area contributed by atoms with Gasteiger partial charge in [-0.3, -0.25) is 14.7 Å². The first-order chi connectivity index (χ1) is 13.6. The zero-order valence-electron chi connectivity index (χ0n) is 15.4. The summed E-state index contributed by atoms with van der Waals surface area (Å²) in [6.45, 7) is 3.10. The molecule has 0 atom stereocenters. The van der Waals surface area contributed by atoms with Crippen molar-refractivity contribution in [1.29, 1.82) is 0 Å². The molecule has 0 saturated carbocycles. The minimum atomic E-state index is -0.109. The van der Waals surface area contributed by atoms with Crippen molar-refractivity contribution in [3.05, 3.63) is 64.1 Å². The second-order valence-electron chi connectivity index (χ2n) is 7.15. The van der Waals surface area contributed by atoms with Gasteiger partial charge in [-0.1, -0.05) is 0 Å². The Bertz CT molecular complexity index is 1240. The first kappa shape index (κ1) is 16.7. The average Bonchev–Trinajstić information content (AvgIpc) is 3.32. The Hall–Kier alpha value is -3.49. The van der Waals surface area contributed by atoms with E-state index in [1.165, 1.54) is 10.6 Å². The Morgan fingerprint density at radius 2 is 2.07 bits per heavy atom. The maximum Gasteiger partial charge on any atom is 0.272 e. The van der Waals surface area contributed by atoms with Crippen molar-refractivity contribution < 1.29 is 4.79 Å². The van der Waals surface area contributed by atoms with Crippen LogP contribution in [0.3, 0.4) is 0 Å². The van der Waals surface area contributed by atoms with E-state index in [0.29, 0.717) is 35.6 Å². The van der Waals surface area contributed by atoms with E-state index in [1.807, 2.05) is 17.9 Å². The van der Waals surface area contributed by atoms with Crippen molar-refractivity contribution in [2.45, 2.75) is 25.7 Å². The van der Waals surface area contributed by atoms with Gasteiger partial charge in [0, 0.05) is 54.9 Å². The Morgan fingerprint density at radius 3 is 2.89 bits per heavy atom. The van der Waals surface area contributed by atoms with E-state index in [9.17, 15) is 9.59 Å².